The van der Waals surface area contributed by atoms with Crippen LogP contribution in [0.5, 0.6) is 0 Å². The fraction of sp³-hybridized carbons (Fsp3) is 0.273. The molecule has 1 aromatic heterocycles. The lowest BCUT2D eigenvalue weighted by atomic mass is 9.98. The van der Waals surface area contributed by atoms with Gasteiger partial charge in [0.05, 0.1) is 23.1 Å². The normalized spacial score (nSPS) is 21.2. The molecule has 2 aromatic carbocycles. The van der Waals surface area contributed by atoms with Crippen LogP contribution in [0.25, 0.3) is 11.0 Å². The molecule has 2 aliphatic heterocycles. The summed E-state index contributed by atoms with van der Waals surface area (Å²) >= 11 is 3.38. The van der Waals surface area contributed by atoms with Crippen LogP contribution in [0.4, 0.5) is 4.39 Å². The third-order valence-corrected chi connectivity index (χ3v) is 6.03. The highest BCUT2D eigenvalue weighted by Crippen LogP contribution is 2.39. The van der Waals surface area contributed by atoms with Crippen LogP contribution < -0.4 is 5.43 Å². The van der Waals surface area contributed by atoms with E-state index >= 15 is 0 Å². The van der Waals surface area contributed by atoms with E-state index in [0.717, 1.165) is 17.3 Å². The van der Waals surface area contributed by atoms with Gasteiger partial charge in [0, 0.05) is 17.6 Å². The fourth-order valence-electron chi connectivity index (χ4n) is 4.18. The maximum atomic E-state index is 13.5. The summed E-state index contributed by atoms with van der Waals surface area (Å²) in [5, 5.41) is 0.400. The summed E-state index contributed by atoms with van der Waals surface area (Å²) in [7, 11) is 0. The van der Waals surface area contributed by atoms with Crippen molar-refractivity contribution >= 4 is 32.8 Å². The molecule has 5 rings (SSSR count). The zero-order valence-electron chi connectivity index (χ0n) is 15.4. The van der Waals surface area contributed by atoms with Gasteiger partial charge in [-0.1, -0.05) is 28.1 Å². The second-order valence-electron chi connectivity index (χ2n) is 7.36. The molecule has 29 heavy (non-hydrogen) atoms. The molecule has 0 spiro atoms. The molecule has 0 bridgehead atoms. The van der Waals surface area contributed by atoms with Crippen molar-refractivity contribution in [3.8, 4) is 0 Å². The molecule has 2 atom stereocenters. The highest BCUT2D eigenvalue weighted by Gasteiger charge is 2.43. The first kappa shape index (κ1) is 18.5. The Kier molecular flexibility index (Phi) is 4.52. The zero-order valence-corrected chi connectivity index (χ0v) is 16.9. The molecule has 5 nitrogen and oxygen atoms in total. The van der Waals surface area contributed by atoms with Gasteiger partial charge < -0.3 is 14.1 Å². The smallest absolute Gasteiger partial charge is 0.291 e. The minimum Gasteiger partial charge on any atom is -0.450 e. The lowest BCUT2D eigenvalue weighted by Gasteiger charge is -2.27. The van der Waals surface area contributed by atoms with E-state index in [1.54, 1.807) is 35.2 Å². The number of amides is 1. The predicted molar refractivity (Wildman–Crippen MR) is 108 cm³/mol. The van der Waals surface area contributed by atoms with Gasteiger partial charge in [0.25, 0.3) is 5.91 Å². The van der Waals surface area contributed by atoms with E-state index in [-0.39, 0.29) is 29.0 Å². The Morgan fingerprint density at radius 2 is 1.93 bits per heavy atom. The molecule has 0 N–H and O–H groups in total. The Morgan fingerprint density at radius 3 is 2.66 bits per heavy atom. The summed E-state index contributed by atoms with van der Waals surface area (Å²) < 4.78 is 25.9. The van der Waals surface area contributed by atoms with Crippen LogP contribution >= 0.6 is 15.9 Å². The summed E-state index contributed by atoms with van der Waals surface area (Å²) in [6, 6.07) is 10.4. The molecule has 0 unspecified atom stereocenters. The first-order valence-corrected chi connectivity index (χ1v) is 10.3. The van der Waals surface area contributed by atoms with Crippen LogP contribution in [0.2, 0.25) is 0 Å². The molecule has 3 aromatic rings. The first-order valence-electron chi connectivity index (χ1n) is 9.47. The molecule has 3 heterocycles. The van der Waals surface area contributed by atoms with Gasteiger partial charge >= 0.3 is 0 Å². The van der Waals surface area contributed by atoms with Crippen LogP contribution in [-0.4, -0.2) is 30.1 Å². The Labute approximate surface area is 174 Å². The molecule has 0 radical (unpaired) electrons. The van der Waals surface area contributed by atoms with Gasteiger partial charge in [0.1, 0.15) is 11.4 Å². The Morgan fingerprint density at radius 1 is 1.14 bits per heavy atom. The van der Waals surface area contributed by atoms with E-state index in [0.29, 0.717) is 35.2 Å². The minimum absolute atomic E-state index is 0.0529. The molecule has 7 heteroatoms. The topological polar surface area (TPSA) is 59.8 Å². The average molecular weight is 458 g/mol. The van der Waals surface area contributed by atoms with Gasteiger partial charge in [-0.15, -0.1) is 0 Å². The highest BCUT2D eigenvalue weighted by atomic mass is 79.9. The van der Waals surface area contributed by atoms with Gasteiger partial charge in [0.2, 0.25) is 5.76 Å². The summed E-state index contributed by atoms with van der Waals surface area (Å²) in [5.41, 5.74) is 1.07. The maximum absolute atomic E-state index is 13.5. The van der Waals surface area contributed by atoms with Crippen molar-refractivity contribution in [1.29, 1.82) is 0 Å². The number of hydrogen-bond acceptors (Lipinski definition) is 4. The number of ether oxygens (including phenoxy) is 1. The zero-order chi connectivity index (χ0) is 20.1. The number of hydrogen-bond donors (Lipinski definition) is 0. The van der Waals surface area contributed by atoms with Gasteiger partial charge in [-0.2, -0.15) is 0 Å². The maximum Gasteiger partial charge on any atom is 0.291 e. The second-order valence-corrected chi connectivity index (χ2v) is 8.28. The van der Waals surface area contributed by atoms with Crippen molar-refractivity contribution in [2.45, 2.75) is 25.0 Å². The van der Waals surface area contributed by atoms with Crippen LogP contribution in [0.15, 0.2) is 56.1 Å². The van der Waals surface area contributed by atoms with Crippen molar-refractivity contribution in [3.05, 3.63) is 79.9 Å². The van der Waals surface area contributed by atoms with Gasteiger partial charge in [0.15, 0.2) is 5.43 Å². The number of rotatable bonds is 3. The molecule has 1 fully saturated rings. The third kappa shape index (κ3) is 3.09. The van der Waals surface area contributed by atoms with E-state index in [4.69, 9.17) is 9.15 Å². The average Bonchev–Trinajstić information content (AvgIpc) is 3.32. The predicted octanol–water partition coefficient (Wildman–Crippen LogP) is 4.42. The molecular weight excluding hydrogens is 441 g/mol. The minimum atomic E-state index is -0.637. The summed E-state index contributed by atoms with van der Waals surface area (Å²) in [5.74, 6) is -0.665. The standard InChI is InChI=1S/C22H17BrFNO4/c23-13-5-8-17-16(10-13)20(26)18-19(12-3-6-14(24)7-4-12)25(22(27)21(18)29-17)11-15-2-1-9-28-15/h3-8,10,15,19H,1-2,9,11H2/t15-,19-/m0/s1. The highest BCUT2D eigenvalue weighted by molar-refractivity contribution is 9.10. The number of halogens is 2. The third-order valence-electron chi connectivity index (χ3n) is 5.54. The van der Waals surface area contributed by atoms with Crippen LogP contribution in [0.1, 0.15) is 40.6 Å². The van der Waals surface area contributed by atoms with Gasteiger partial charge in [-0.05, 0) is 48.7 Å². The Bertz CT molecular complexity index is 1170. The number of fused-ring (bicyclic) bond motifs is 2. The van der Waals surface area contributed by atoms with Gasteiger partial charge in [-0.25, -0.2) is 4.39 Å². The molecule has 148 valence electrons. The second kappa shape index (κ2) is 7.07. The number of carbonyl (C=O) groups excluding carboxylic acids is 1. The molecule has 0 saturated carbocycles. The quantitative estimate of drug-likeness (QED) is 0.583. The number of benzene rings is 2. The fourth-order valence-corrected chi connectivity index (χ4v) is 4.54. The van der Waals surface area contributed by atoms with E-state index in [1.165, 1.54) is 12.1 Å². The molecular formula is C22H17BrFNO4. The van der Waals surface area contributed by atoms with E-state index in [9.17, 15) is 14.0 Å². The summed E-state index contributed by atoms with van der Waals surface area (Å²) in [6.07, 6.45) is 1.71. The summed E-state index contributed by atoms with van der Waals surface area (Å²) in [4.78, 5) is 28.3. The van der Waals surface area contributed by atoms with E-state index in [2.05, 4.69) is 15.9 Å². The van der Waals surface area contributed by atoms with Crippen LogP contribution in [0, 0.1) is 5.82 Å². The van der Waals surface area contributed by atoms with Crippen LogP contribution in [0.3, 0.4) is 0 Å². The number of nitrogens with zero attached hydrogens (tertiary/aromatic N) is 1. The van der Waals surface area contributed by atoms with Crippen molar-refractivity contribution in [2.75, 3.05) is 13.2 Å². The van der Waals surface area contributed by atoms with Crippen molar-refractivity contribution in [1.82, 2.24) is 4.90 Å². The monoisotopic (exact) mass is 457 g/mol. The van der Waals surface area contributed by atoms with Gasteiger partial charge in [-0.3, -0.25) is 9.59 Å². The Balaban J connectivity index is 1.71. The van der Waals surface area contributed by atoms with E-state index < -0.39 is 6.04 Å². The lowest BCUT2D eigenvalue weighted by molar-refractivity contribution is 0.0486. The number of carbonyl (C=O) groups is 1. The molecule has 1 amide bonds. The Hall–Kier alpha value is -2.51. The summed E-state index contributed by atoms with van der Waals surface area (Å²) in [6.45, 7) is 1.01. The van der Waals surface area contributed by atoms with Crippen LogP contribution in [-0.2, 0) is 4.74 Å². The van der Waals surface area contributed by atoms with E-state index in [1.807, 2.05) is 0 Å². The lowest BCUT2D eigenvalue weighted by Crippen LogP contribution is -2.36. The molecule has 1 saturated heterocycles. The first-order chi connectivity index (χ1) is 14.0. The molecule has 2 aliphatic rings. The van der Waals surface area contributed by atoms with Crippen molar-refractivity contribution in [2.24, 2.45) is 0 Å². The molecule has 0 aliphatic carbocycles. The SMILES string of the molecule is O=C1c2oc3ccc(Br)cc3c(=O)c2[C@H](c2ccc(F)cc2)N1C[C@@H]1CCCO1. The van der Waals surface area contributed by atoms with Crippen molar-refractivity contribution in [3.63, 3.8) is 0 Å². The van der Waals surface area contributed by atoms with Crippen molar-refractivity contribution < 1.29 is 18.3 Å². The largest absolute Gasteiger partial charge is 0.450 e.